The molecule has 2 amide bonds. The minimum Gasteiger partial charge on any atom is -0.454 e. The Balaban J connectivity index is 1.30. The standard InChI is InChI=1S/C21H20ClN5O4S/c1-12-14(22)4-3-5-15(12)24-19(28)10-32-21-26-25-18(27(21)2)9-23-20(29)13-6-7-16-17(8-13)31-11-30-16/h3-8H,9-11H2,1-2H3,(H,23,29)(H,24,28). The normalized spacial score (nSPS) is 12.0. The summed E-state index contributed by atoms with van der Waals surface area (Å²) >= 11 is 7.34. The van der Waals surface area contributed by atoms with E-state index in [1.807, 2.05) is 6.92 Å². The van der Waals surface area contributed by atoms with E-state index in [-0.39, 0.29) is 30.9 Å². The third-order valence-electron chi connectivity index (χ3n) is 4.84. The number of carbonyl (C=O) groups excluding carboxylic acids is 2. The van der Waals surface area contributed by atoms with E-state index in [4.69, 9.17) is 21.1 Å². The minimum absolute atomic E-state index is 0.149. The number of fused-ring (bicyclic) bond motifs is 1. The van der Waals surface area contributed by atoms with Crippen molar-refractivity contribution in [1.82, 2.24) is 20.1 Å². The number of thioether (sulfide) groups is 1. The molecule has 3 aromatic rings. The van der Waals surface area contributed by atoms with Crippen molar-refractivity contribution in [2.45, 2.75) is 18.6 Å². The summed E-state index contributed by atoms with van der Waals surface area (Å²) in [6, 6.07) is 10.4. The minimum atomic E-state index is -0.267. The molecule has 0 bridgehead atoms. The number of nitrogens with one attached hydrogen (secondary N) is 2. The first-order valence-corrected chi connectivity index (χ1v) is 11.0. The first-order valence-electron chi connectivity index (χ1n) is 9.66. The molecule has 0 radical (unpaired) electrons. The molecule has 32 heavy (non-hydrogen) atoms. The van der Waals surface area contributed by atoms with Crippen molar-refractivity contribution in [1.29, 1.82) is 0 Å². The highest BCUT2D eigenvalue weighted by Crippen LogP contribution is 2.32. The predicted octanol–water partition coefficient (Wildman–Crippen LogP) is 3.17. The Hall–Kier alpha value is -3.24. The molecule has 11 heteroatoms. The summed E-state index contributed by atoms with van der Waals surface area (Å²) in [5.41, 5.74) is 1.94. The predicted molar refractivity (Wildman–Crippen MR) is 120 cm³/mol. The van der Waals surface area contributed by atoms with Gasteiger partial charge in [-0.1, -0.05) is 29.4 Å². The van der Waals surface area contributed by atoms with Crippen LogP contribution in [-0.2, 0) is 18.4 Å². The molecule has 0 fully saturated rings. The van der Waals surface area contributed by atoms with Gasteiger partial charge in [0, 0.05) is 23.3 Å². The number of aromatic nitrogens is 3. The maximum absolute atomic E-state index is 12.4. The molecule has 4 rings (SSSR count). The molecule has 0 saturated carbocycles. The Labute approximate surface area is 193 Å². The van der Waals surface area contributed by atoms with E-state index in [1.54, 1.807) is 48.0 Å². The highest BCUT2D eigenvalue weighted by Gasteiger charge is 2.17. The van der Waals surface area contributed by atoms with Crippen LogP contribution in [0.1, 0.15) is 21.7 Å². The van der Waals surface area contributed by atoms with Crippen LogP contribution in [0.2, 0.25) is 5.02 Å². The molecule has 2 heterocycles. The largest absolute Gasteiger partial charge is 0.454 e. The second-order valence-electron chi connectivity index (χ2n) is 6.96. The zero-order valence-corrected chi connectivity index (χ0v) is 18.9. The SMILES string of the molecule is Cc1c(Cl)cccc1NC(=O)CSc1nnc(CNC(=O)c2ccc3c(c2)OCO3)n1C. The first-order chi connectivity index (χ1) is 15.4. The number of benzene rings is 2. The fraction of sp³-hybridized carbons (Fsp3) is 0.238. The van der Waals surface area contributed by atoms with Crippen molar-refractivity contribution < 1.29 is 19.1 Å². The molecule has 9 nitrogen and oxygen atoms in total. The fourth-order valence-corrected chi connectivity index (χ4v) is 3.89. The summed E-state index contributed by atoms with van der Waals surface area (Å²) in [5.74, 6) is 1.43. The number of ether oxygens (including phenoxy) is 2. The number of carbonyl (C=O) groups is 2. The lowest BCUT2D eigenvalue weighted by Crippen LogP contribution is -2.24. The summed E-state index contributed by atoms with van der Waals surface area (Å²) in [6.07, 6.45) is 0. The Morgan fingerprint density at radius 1 is 1.19 bits per heavy atom. The molecule has 0 saturated heterocycles. The zero-order chi connectivity index (χ0) is 22.7. The molecule has 0 atom stereocenters. The van der Waals surface area contributed by atoms with E-state index in [2.05, 4.69) is 20.8 Å². The Kier molecular flexibility index (Phi) is 6.52. The topological polar surface area (TPSA) is 107 Å². The molecular formula is C21H20ClN5O4S. The molecule has 1 aromatic heterocycles. The lowest BCUT2D eigenvalue weighted by Gasteiger charge is -2.09. The maximum atomic E-state index is 12.4. The Morgan fingerprint density at radius 2 is 2.00 bits per heavy atom. The number of rotatable bonds is 7. The van der Waals surface area contributed by atoms with Crippen LogP contribution in [0, 0.1) is 6.92 Å². The van der Waals surface area contributed by atoms with E-state index < -0.39 is 0 Å². The van der Waals surface area contributed by atoms with Gasteiger partial charge in [0.1, 0.15) is 0 Å². The number of hydrogen-bond donors (Lipinski definition) is 2. The zero-order valence-electron chi connectivity index (χ0n) is 17.3. The van der Waals surface area contributed by atoms with Crippen LogP contribution in [0.25, 0.3) is 0 Å². The third-order valence-corrected chi connectivity index (χ3v) is 6.27. The molecule has 0 unspecified atom stereocenters. The van der Waals surface area contributed by atoms with Gasteiger partial charge in [0.05, 0.1) is 12.3 Å². The number of halogens is 1. The van der Waals surface area contributed by atoms with E-state index in [9.17, 15) is 9.59 Å². The van der Waals surface area contributed by atoms with E-state index in [1.165, 1.54) is 11.8 Å². The van der Waals surface area contributed by atoms with E-state index in [0.717, 1.165) is 5.56 Å². The molecular weight excluding hydrogens is 454 g/mol. The van der Waals surface area contributed by atoms with Crippen molar-refractivity contribution in [2.24, 2.45) is 7.05 Å². The number of nitrogens with zero attached hydrogens (tertiary/aromatic N) is 3. The average Bonchev–Trinajstić information content (AvgIpc) is 3.39. The summed E-state index contributed by atoms with van der Waals surface area (Å²) in [5, 5.41) is 15.0. The van der Waals surface area contributed by atoms with Gasteiger partial charge in [-0.25, -0.2) is 0 Å². The summed E-state index contributed by atoms with van der Waals surface area (Å²) < 4.78 is 12.3. The van der Waals surface area contributed by atoms with E-state index in [0.29, 0.717) is 38.8 Å². The van der Waals surface area contributed by atoms with E-state index >= 15 is 0 Å². The van der Waals surface area contributed by atoms with Crippen LogP contribution in [0.5, 0.6) is 11.5 Å². The van der Waals surface area contributed by atoms with Crippen LogP contribution in [0.4, 0.5) is 5.69 Å². The summed E-state index contributed by atoms with van der Waals surface area (Å²) in [6.45, 7) is 2.18. The molecule has 1 aliphatic heterocycles. The van der Waals surface area contributed by atoms with Gasteiger partial charge in [0.15, 0.2) is 22.5 Å². The molecule has 166 valence electrons. The van der Waals surface area contributed by atoms with Crippen molar-refractivity contribution in [3.05, 3.63) is 58.4 Å². The van der Waals surface area contributed by atoms with Gasteiger partial charge in [-0.2, -0.15) is 0 Å². The monoisotopic (exact) mass is 473 g/mol. The fourth-order valence-electron chi connectivity index (χ4n) is 2.98. The third kappa shape index (κ3) is 4.81. The van der Waals surface area contributed by atoms with Crippen LogP contribution in [0.3, 0.4) is 0 Å². The molecule has 2 aromatic carbocycles. The van der Waals surface area contributed by atoms with Gasteiger partial charge >= 0.3 is 0 Å². The highest BCUT2D eigenvalue weighted by molar-refractivity contribution is 7.99. The lowest BCUT2D eigenvalue weighted by molar-refractivity contribution is -0.113. The maximum Gasteiger partial charge on any atom is 0.251 e. The Bertz CT molecular complexity index is 1180. The second kappa shape index (κ2) is 9.49. The van der Waals surface area contributed by atoms with Crippen LogP contribution >= 0.6 is 23.4 Å². The van der Waals surface area contributed by atoms with Crippen molar-refractivity contribution in [3.8, 4) is 11.5 Å². The molecule has 0 spiro atoms. The van der Waals surface area contributed by atoms with Crippen LogP contribution in [-0.4, -0.2) is 39.1 Å². The van der Waals surface area contributed by atoms with Gasteiger partial charge in [0.25, 0.3) is 5.91 Å². The van der Waals surface area contributed by atoms with Crippen molar-refractivity contribution >= 4 is 40.9 Å². The van der Waals surface area contributed by atoms with Crippen LogP contribution < -0.4 is 20.1 Å². The molecule has 1 aliphatic rings. The smallest absolute Gasteiger partial charge is 0.251 e. The van der Waals surface area contributed by atoms with Crippen molar-refractivity contribution in [3.63, 3.8) is 0 Å². The highest BCUT2D eigenvalue weighted by atomic mass is 35.5. The van der Waals surface area contributed by atoms with Gasteiger partial charge in [-0.3, -0.25) is 9.59 Å². The number of hydrogen-bond acceptors (Lipinski definition) is 7. The quantitative estimate of drug-likeness (QED) is 0.507. The second-order valence-corrected chi connectivity index (χ2v) is 8.31. The lowest BCUT2D eigenvalue weighted by atomic mass is 10.2. The van der Waals surface area contributed by atoms with Crippen molar-refractivity contribution in [2.75, 3.05) is 17.9 Å². The van der Waals surface area contributed by atoms with Gasteiger partial charge in [-0.15, -0.1) is 10.2 Å². The average molecular weight is 474 g/mol. The number of anilines is 1. The van der Waals surface area contributed by atoms with Gasteiger partial charge < -0.3 is 24.7 Å². The first kappa shape index (κ1) is 22.0. The number of amides is 2. The Morgan fingerprint density at radius 3 is 2.84 bits per heavy atom. The van der Waals surface area contributed by atoms with Gasteiger partial charge in [0.2, 0.25) is 12.7 Å². The van der Waals surface area contributed by atoms with Gasteiger partial charge in [-0.05, 0) is 42.8 Å². The van der Waals surface area contributed by atoms with Crippen LogP contribution in [0.15, 0.2) is 41.6 Å². The summed E-state index contributed by atoms with van der Waals surface area (Å²) in [7, 11) is 1.78. The molecule has 2 N–H and O–H groups in total. The summed E-state index contributed by atoms with van der Waals surface area (Å²) in [4.78, 5) is 24.8. The molecule has 0 aliphatic carbocycles.